The van der Waals surface area contributed by atoms with Crippen LogP contribution in [0, 0.1) is 12.3 Å². The van der Waals surface area contributed by atoms with Crippen molar-refractivity contribution in [3.8, 4) is 12.3 Å². The van der Waals surface area contributed by atoms with Crippen molar-refractivity contribution in [1.82, 2.24) is 0 Å². The normalized spacial score (nSPS) is 26.7. The molecule has 0 amide bonds. The summed E-state index contributed by atoms with van der Waals surface area (Å²) in [5, 5.41) is 9.66. The van der Waals surface area contributed by atoms with E-state index >= 15 is 0 Å². The molecule has 0 radical (unpaired) electrons. The molecule has 1 rings (SSSR count). The first-order valence-corrected chi connectivity index (χ1v) is 8.72. The standard InChI is InChI=1S/C18H30NO8/c1-7-8-19(5,6)9-10-23-18-17(27-14(4)22)16(26-13(3)21)15(11-24-18)25-12(2)20/h1,14-18,22H,8-11H2,2-6H3/q+1/t14?,15-,16-,17-,18?/m1/s1. The van der Waals surface area contributed by atoms with Crippen molar-refractivity contribution in [2.75, 3.05) is 40.4 Å². The quantitative estimate of drug-likeness (QED) is 0.248. The first kappa shape index (κ1) is 23.3. The van der Waals surface area contributed by atoms with Crippen molar-refractivity contribution in [3.05, 3.63) is 0 Å². The molecule has 154 valence electrons. The van der Waals surface area contributed by atoms with E-state index in [0.717, 1.165) is 0 Å². The van der Waals surface area contributed by atoms with Crippen LogP contribution in [0.1, 0.15) is 20.8 Å². The van der Waals surface area contributed by atoms with Crippen LogP contribution in [0.3, 0.4) is 0 Å². The molecule has 1 saturated heterocycles. The van der Waals surface area contributed by atoms with Crippen LogP contribution in [0.25, 0.3) is 0 Å². The number of nitrogens with zero attached hydrogens (tertiary/aromatic N) is 1. The molecule has 0 spiro atoms. The van der Waals surface area contributed by atoms with E-state index in [1.807, 2.05) is 14.1 Å². The number of aliphatic hydroxyl groups excluding tert-OH is 1. The number of esters is 2. The van der Waals surface area contributed by atoms with Crippen molar-refractivity contribution in [2.45, 2.75) is 51.7 Å². The number of quaternary nitrogens is 1. The highest BCUT2D eigenvalue weighted by Gasteiger charge is 2.46. The maximum Gasteiger partial charge on any atom is 0.303 e. The van der Waals surface area contributed by atoms with Gasteiger partial charge in [0.2, 0.25) is 0 Å². The maximum absolute atomic E-state index is 11.5. The van der Waals surface area contributed by atoms with Gasteiger partial charge in [-0.15, -0.1) is 6.42 Å². The third-order valence-electron chi connectivity index (χ3n) is 3.85. The van der Waals surface area contributed by atoms with Gasteiger partial charge in [-0.1, -0.05) is 0 Å². The van der Waals surface area contributed by atoms with Gasteiger partial charge >= 0.3 is 11.9 Å². The summed E-state index contributed by atoms with van der Waals surface area (Å²) in [4.78, 5) is 22.9. The molecule has 1 heterocycles. The molecule has 1 fully saturated rings. The predicted molar refractivity (Wildman–Crippen MR) is 94.0 cm³/mol. The number of aliphatic hydroxyl groups is 1. The van der Waals surface area contributed by atoms with E-state index in [4.69, 9.17) is 30.1 Å². The van der Waals surface area contributed by atoms with Gasteiger partial charge in [-0.05, 0) is 12.8 Å². The second-order valence-corrected chi connectivity index (χ2v) is 7.02. The highest BCUT2D eigenvalue weighted by atomic mass is 16.7. The third kappa shape index (κ3) is 8.24. The van der Waals surface area contributed by atoms with Crippen LogP contribution in [-0.2, 0) is 33.3 Å². The highest BCUT2D eigenvalue weighted by molar-refractivity contribution is 5.67. The van der Waals surface area contributed by atoms with Crippen molar-refractivity contribution in [2.24, 2.45) is 0 Å². The number of carbonyl (C=O) groups excluding carboxylic acids is 2. The van der Waals surface area contributed by atoms with Crippen LogP contribution in [-0.4, -0.2) is 92.8 Å². The molecule has 9 heteroatoms. The Kier molecular flexibility index (Phi) is 9.15. The van der Waals surface area contributed by atoms with Gasteiger partial charge in [0.1, 0.15) is 13.1 Å². The topological polar surface area (TPSA) is 101 Å². The van der Waals surface area contributed by atoms with Crippen LogP contribution < -0.4 is 0 Å². The van der Waals surface area contributed by atoms with Gasteiger partial charge in [0, 0.05) is 13.8 Å². The molecular weight excluding hydrogens is 358 g/mol. The Hall–Kier alpha value is -1.70. The number of terminal acetylenes is 1. The van der Waals surface area contributed by atoms with Gasteiger partial charge in [0.25, 0.3) is 0 Å². The second-order valence-electron chi connectivity index (χ2n) is 7.02. The van der Waals surface area contributed by atoms with Crippen LogP contribution in [0.2, 0.25) is 0 Å². The van der Waals surface area contributed by atoms with Crippen LogP contribution in [0.15, 0.2) is 0 Å². The summed E-state index contributed by atoms with van der Waals surface area (Å²) in [5.74, 6) is 1.47. The highest BCUT2D eigenvalue weighted by Crippen LogP contribution is 2.25. The number of rotatable bonds is 9. The number of hydrogen-bond acceptors (Lipinski definition) is 8. The molecule has 0 saturated carbocycles. The monoisotopic (exact) mass is 388 g/mol. The number of hydrogen-bond donors (Lipinski definition) is 1. The molecule has 0 aromatic heterocycles. The van der Waals surface area contributed by atoms with Gasteiger partial charge in [-0.25, -0.2) is 0 Å². The number of likely N-dealkylation sites (N-methyl/N-ethyl adjacent to an activating group) is 1. The molecule has 9 nitrogen and oxygen atoms in total. The molecule has 5 atom stereocenters. The number of ether oxygens (including phenoxy) is 5. The van der Waals surface area contributed by atoms with Crippen molar-refractivity contribution < 1.29 is 42.9 Å². The fraction of sp³-hybridized carbons (Fsp3) is 0.778. The minimum Gasteiger partial charge on any atom is -0.456 e. The van der Waals surface area contributed by atoms with E-state index in [9.17, 15) is 14.7 Å². The van der Waals surface area contributed by atoms with E-state index in [0.29, 0.717) is 24.2 Å². The van der Waals surface area contributed by atoms with E-state index in [2.05, 4.69) is 5.92 Å². The minimum atomic E-state index is -1.17. The Labute approximate surface area is 160 Å². The first-order chi connectivity index (χ1) is 12.6. The summed E-state index contributed by atoms with van der Waals surface area (Å²) in [5.41, 5.74) is 0. The summed E-state index contributed by atoms with van der Waals surface area (Å²) in [6.45, 7) is 5.28. The van der Waals surface area contributed by atoms with Gasteiger partial charge < -0.3 is 33.3 Å². The zero-order valence-corrected chi connectivity index (χ0v) is 16.5. The Morgan fingerprint density at radius 2 is 1.89 bits per heavy atom. The van der Waals surface area contributed by atoms with Gasteiger partial charge in [0.15, 0.2) is 30.9 Å². The summed E-state index contributed by atoms with van der Waals surface area (Å²) in [6, 6.07) is 0. The van der Waals surface area contributed by atoms with Gasteiger partial charge in [0.05, 0.1) is 27.3 Å². The van der Waals surface area contributed by atoms with E-state index in [1.165, 1.54) is 20.8 Å². The summed E-state index contributed by atoms with van der Waals surface area (Å²) < 4.78 is 27.9. The summed E-state index contributed by atoms with van der Waals surface area (Å²) in [7, 11) is 3.93. The summed E-state index contributed by atoms with van der Waals surface area (Å²) in [6.07, 6.45) is 0.441. The molecule has 1 N–H and O–H groups in total. The van der Waals surface area contributed by atoms with Gasteiger partial charge in [-0.3, -0.25) is 9.59 Å². The molecular formula is C18H30NO8+. The Bertz CT molecular complexity index is 542. The lowest BCUT2D eigenvalue weighted by Crippen LogP contribution is -2.58. The predicted octanol–water partition coefficient (Wildman–Crippen LogP) is -0.344. The first-order valence-electron chi connectivity index (χ1n) is 8.72. The smallest absolute Gasteiger partial charge is 0.303 e. The Balaban J connectivity index is 2.88. The fourth-order valence-electron chi connectivity index (χ4n) is 2.65. The lowest BCUT2D eigenvalue weighted by molar-refractivity contribution is -0.883. The van der Waals surface area contributed by atoms with E-state index < -0.39 is 42.8 Å². The second kappa shape index (κ2) is 10.6. The Morgan fingerprint density at radius 3 is 2.41 bits per heavy atom. The molecule has 27 heavy (non-hydrogen) atoms. The van der Waals surface area contributed by atoms with Crippen molar-refractivity contribution in [1.29, 1.82) is 0 Å². The fourth-order valence-corrected chi connectivity index (χ4v) is 2.65. The summed E-state index contributed by atoms with van der Waals surface area (Å²) >= 11 is 0. The number of carbonyl (C=O) groups is 2. The molecule has 0 aliphatic carbocycles. The lowest BCUT2D eigenvalue weighted by atomic mass is 10.0. The zero-order chi connectivity index (χ0) is 20.6. The molecule has 0 bridgehead atoms. The molecule has 1 aliphatic rings. The lowest BCUT2D eigenvalue weighted by Gasteiger charge is -2.41. The van der Waals surface area contributed by atoms with Crippen LogP contribution in [0.4, 0.5) is 0 Å². The SMILES string of the molecule is C#CC[N+](C)(C)CCOC1OC[C@@H](OC(C)=O)[C@@H](OC(C)=O)[C@H]1OC(C)O. The van der Waals surface area contributed by atoms with Crippen LogP contribution in [0.5, 0.6) is 0 Å². The Morgan fingerprint density at radius 1 is 1.26 bits per heavy atom. The average molecular weight is 388 g/mol. The van der Waals surface area contributed by atoms with E-state index in [1.54, 1.807) is 0 Å². The maximum atomic E-state index is 11.5. The molecule has 0 aromatic rings. The zero-order valence-electron chi connectivity index (χ0n) is 16.5. The molecule has 2 unspecified atom stereocenters. The molecule has 1 aliphatic heterocycles. The minimum absolute atomic E-state index is 0.0372. The van der Waals surface area contributed by atoms with Crippen molar-refractivity contribution >= 4 is 11.9 Å². The van der Waals surface area contributed by atoms with Crippen molar-refractivity contribution in [3.63, 3.8) is 0 Å². The average Bonchev–Trinajstić information content (AvgIpc) is 2.50. The third-order valence-corrected chi connectivity index (χ3v) is 3.85. The van der Waals surface area contributed by atoms with E-state index in [-0.39, 0.29) is 6.61 Å². The molecule has 0 aromatic carbocycles. The van der Waals surface area contributed by atoms with Crippen LogP contribution >= 0.6 is 0 Å². The largest absolute Gasteiger partial charge is 0.456 e. The van der Waals surface area contributed by atoms with Gasteiger partial charge in [-0.2, -0.15) is 0 Å².